The van der Waals surface area contributed by atoms with Crippen LogP contribution in [0.3, 0.4) is 0 Å². The molecule has 21 heavy (non-hydrogen) atoms. The van der Waals surface area contributed by atoms with Crippen molar-refractivity contribution in [2.24, 2.45) is 0 Å². The van der Waals surface area contributed by atoms with Crippen molar-refractivity contribution in [1.29, 1.82) is 0 Å². The summed E-state index contributed by atoms with van der Waals surface area (Å²) in [6.07, 6.45) is 0. The number of aromatic amines is 1. The van der Waals surface area contributed by atoms with E-state index in [0.29, 0.717) is 5.82 Å². The van der Waals surface area contributed by atoms with Gasteiger partial charge in [-0.1, -0.05) is 40.2 Å². The monoisotopic (exact) mass is 343 g/mol. The lowest BCUT2D eigenvalue weighted by molar-refractivity contribution is 0.881. The molecule has 5 nitrogen and oxygen atoms in total. The highest BCUT2D eigenvalue weighted by atomic mass is 79.9. The minimum absolute atomic E-state index is 0.593. The van der Waals surface area contributed by atoms with Crippen molar-refractivity contribution in [2.75, 3.05) is 5.32 Å². The predicted molar refractivity (Wildman–Crippen MR) is 85.8 cm³/mol. The van der Waals surface area contributed by atoms with Crippen molar-refractivity contribution in [3.63, 3.8) is 0 Å². The number of aryl methyl sites for hydroxylation is 1. The van der Waals surface area contributed by atoms with E-state index in [1.165, 1.54) is 11.1 Å². The lowest BCUT2D eigenvalue weighted by atomic mass is 10.1. The number of anilines is 1. The van der Waals surface area contributed by atoms with Crippen molar-refractivity contribution in [1.82, 2.24) is 20.6 Å². The summed E-state index contributed by atoms with van der Waals surface area (Å²) in [7, 11) is 0. The largest absolute Gasteiger partial charge is 0.381 e. The summed E-state index contributed by atoms with van der Waals surface area (Å²) >= 11 is 3.59. The quantitative estimate of drug-likeness (QED) is 0.760. The lowest BCUT2D eigenvalue weighted by Crippen LogP contribution is -2.00. The van der Waals surface area contributed by atoms with E-state index >= 15 is 0 Å². The summed E-state index contributed by atoms with van der Waals surface area (Å²) in [6.45, 7) is 2.83. The Labute approximate surface area is 130 Å². The molecule has 0 fully saturated rings. The molecule has 0 unspecified atom stereocenters. The Kier molecular flexibility index (Phi) is 3.96. The van der Waals surface area contributed by atoms with Gasteiger partial charge in [-0.25, -0.2) is 0 Å². The number of nitrogens with one attached hydrogen (secondary N) is 2. The van der Waals surface area contributed by atoms with Crippen LogP contribution in [0.4, 0.5) is 5.69 Å². The van der Waals surface area contributed by atoms with Crippen LogP contribution in [0.25, 0.3) is 11.4 Å². The van der Waals surface area contributed by atoms with E-state index in [1.54, 1.807) is 0 Å². The third kappa shape index (κ3) is 3.28. The van der Waals surface area contributed by atoms with E-state index in [0.717, 1.165) is 22.3 Å². The number of tetrazole rings is 1. The van der Waals surface area contributed by atoms with Crippen LogP contribution in [-0.4, -0.2) is 20.6 Å². The van der Waals surface area contributed by atoms with Crippen molar-refractivity contribution in [3.8, 4) is 11.4 Å². The Morgan fingerprint density at radius 3 is 2.86 bits per heavy atom. The van der Waals surface area contributed by atoms with Crippen LogP contribution < -0.4 is 5.32 Å². The Bertz CT molecular complexity index is 740. The molecule has 106 valence electrons. The molecule has 0 aliphatic heterocycles. The molecular formula is C15H14BrN5. The average Bonchev–Trinajstić information content (AvgIpc) is 3.01. The van der Waals surface area contributed by atoms with Crippen LogP contribution in [0.15, 0.2) is 46.9 Å². The minimum atomic E-state index is 0.593. The first-order valence-electron chi connectivity index (χ1n) is 6.55. The molecule has 0 saturated carbocycles. The zero-order valence-electron chi connectivity index (χ0n) is 11.5. The number of halogens is 1. The average molecular weight is 344 g/mol. The molecule has 0 radical (unpaired) electrons. The van der Waals surface area contributed by atoms with Crippen LogP contribution in [0.2, 0.25) is 0 Å². The molecule has 3 rings (SSSR count). The highest BCUT2D eigenvalue weighted by molar-refractivity contribution is 9.10. The van der Waals surface area contributed by atoms with Crippen molar-refractivity contribution < 1.29 is 0 Å². The number of H-pyrrole nitrogens is 1. The lowest BCUT2D eigenvalue weighted by Gasteiger charge is -2.09. The molecule has 1 heterocycles. The summed E-state index contributed by atoms with van der Waals surface area (Å²) in [5, 5.41) is 17.4. The number of aromatic nitrogens is 4. The Morgan fingerprint density at radius 1 is 1.19 bits per heavy atom. The van der Waals surface area contributed by atoms with Crippen molar-refractivity contribution in [2.45, 2.75) is 13.5 Å². The molecular weight excluding hydrogens is 330 g/mol. The van der Waals surface area contributed by atoms with E-state index < -0.39 is 0 Å². The summed E-state index contributed by atoms with van der Waals surface area (Å²) in [6, 6.07) is 14.3. The van der Waals surface area contributed by atoms with Gasteiger partial charge in [-0.15, -0.1) is 10.2 Å². The van der Waals surface area contributed by atoms with Gasteiger partial charge in [-0.05, 0) is 41.5 Å². The number of hydrogen-bond acceptors (Lipinski definition) is 4. The summed E-state index contributed by atoms with van der Waals surface area (Å²) in [5.74, 6) is 0.593. The second-order valence-corrected chi connectivity index (χ2v) is 5.62. The van der Waals surface area contributed by atoms with Gasteiger partial charge in [-0.3, -0.25) is 0 Å². The van der Waals surface area contributed by atoms with Crippen molar-refractivity contribution in [3.05, 3.63) is 58.1 Å². The number of benzene rings is 2. The normalized spacial score (nSPS) is 10.6. The van der Waals surface area contributed by atoms with Gasteiger partial charge < -0.3 is 5.32 Å². The van der Waals surface area contributed by atoms with Gasteiger partial charge in [0.1, 0.15) is 0 Å². The summed E-state index contributed by atoms with van der Waals surface area (Å²) in [4.78, 5) is 0. The SMILES string of the molecule is Cc1ccc(CNc2cccc(-c3nn[nH]n3)c2)c(Br)c1. The van der Waals surface area contributed by atoms with E-state index in [1.807, 2.05) is 24.3 Å². The summed E-state index contributed by atoms with van der Waals surface area (Å²) < 4.78 is 1.12. The molecule has 0 aliphatic carbocycles. The number of nitrogens with zero attached hydrogens (tertiary/aromatic N) is 3. The first kappa shape index (κ1) is 13.8. The summed E-state index contributed by atoms with van der Waals surface area (Å²) in [5.41, 5.74) is 4.40. The standard InChI is InChI=1S/C15H14BrN5/c1-10-5-6-12(14(16)7-10)9-17-13-4-2-3-11(8-13)15-18-20-21-19-15/h2-8,17H,9H2,1H3,(H,18,19,20,21). The van der Waals surface area contributed by atoms with E-state index in [2.05, 4.69) is 67.0 Å². The van der Waals surface area contributed by atoms with Gasteiger partial charge in [0.15, 0.2) is 0 Å². The highest BCUT2D eigenvalue weighted by Gasteiger charge is 2.04. The Balaban J connectivity index is 1.75. The highest BCUT2D eigenvalue weighted by Crippen LogP contribution is 2.22. The molecule has 6 heteroatoms. The fraction of sp³-hybridized carbons (Fsp3) is 0.133. The van der Waals surface area contributed by atoms with Gasteiger partial charge in [0.25, 0.3) is 0 Å². The van der Waals surface area contributed by atoms with E-state index in [9.17, 15) is 0 Å². The number of hydrogen-bond donors (Lipinski definition) is 2. The molecule has 2 N–H and O–H groups in total. The minimum Gasteiger partial charge on any atom is -0.381 e. The smallest absolute Gasteiger partial charge is 0.204 e. The maximum atomic E-state index is 3.99. The molecule has 0 amide bonds. The van der Waals surface area contributed by atoms with Gasteiger partial charge in [-0.2, -0.15) is 5.21 Å². The molecule has 3 aromatic rings. The topological polar surface area (TPSA) is 66.5 Å². The van der Waals surface area contributed by atoms with Crippen LogP contribution in [0.1, 0.15) is 11.1 Å². The third-order valence-corrected chi connectivity index (χ3v) is 3.90. The Hall–Kier alpha value is -2.21. The molecule has 0 aliphatic rings. The fourth-order valence-electron chi connectivity index (χ4n) is 2.05. The van der Waals surface area contributed by atoms with Crippen LogP contribution >= 0.6 is 15.9 Å². The maximum absolute atomic E-state index is 3.99. The second kappa shape index (κ2) is 6.05. The van der Waals surface area contributed by atoms with Gasteiger partial charge in [0.2, 0.25) is 5.82 Å². The predicted octanol–water partition coefficient (Wildman–Crippen LogP) is 3.55. The van der Waals surface area contributed by atoms with E-state index in [4.69, 9.17) is 0 Å². The zero-order valence-corrected chi connectivity index (χ0v) is 13.1. The Morgan fingerprint density at radius 2 is 2.10 bits per heavy atom. The first-order valence-corrected chi connectivity index (χ1v) is 7.34. The molecule has 0 saturated heterocycles. The first-order chi connectivity index (χ1) is 10.2. The second-order valence-electron chi connectivity index (χ2n) is 4.76. The van der Waals surface area contributed by atoms with Gasteiger partial charge >= 0.3 is 0 Å². The molecule has 0 atom stereocenters. The maximum Gasteiger partial charge on any atom is 0.204 e. The van der Waals surface area contributed by atoms with Crippen LogP contribution in [0.5, 0.6) is 0 Å². The molecule has 2 aromatic carbocycles. The van der Waals surface area contributed by atoms with Crippen LogP contribution in [0, 0.1) is 6.92 Å². The molecule has 0 bridgehead atoms. The van der Waals surface area contributed by atoms with Crippen LogP contribution in [-0.2, 0) is 6.54 Å². The van der Waals surface area contributed by atoms with Gasteiger partial charge in [0.05, 0.1) is 0 Å². The third-order valence-electron chi connectivity index (χ3n) is 3.16. The fourth-order valence-corrected chi connectivity index (χ4v) is 2.68. The molecule has 0 spiro atoms. The van der Waals surface area contributed by atoms with Crippen molar-refractivity contribution >= 4 is 21.6 Å². The molecule has 1 aromatic heterocycles. The number of rotatable bonds is 4. The van der Waals surface area contributed by atoms with Gasteiger partial charge in [0, 0.05) is 22.3 Å². The zero-order chi connectivity index (χ0) is 14.7. The van der Waals surface area contributed by atoms with E-state index in [-0.39, 0.29) is 0 Å².